The van der Waals surface area contributed by atoms with Crippen LogP contribution in [0.15, 0.2) is 0 Å². The standard InChI is InChI=1S/C10H18O.C4H6O4/c1-9(2)7-4-5-10(9,3)8(11)6-7;5-3(6)1-2-4(7)8/h7-8,11H,4-6H2,1-3H3;1-2H2,(H,5,6)(H,7,8)/t7-,8+,10-;/m1./s1. The van der Waals surface area contributed by atoms with Crippen LogP contribution in [0.3, 0.4) is 0 Å². The van der Waals surface area contributed by atoms with Crippen LogP contribution >= 0.6 is 0 Å². The molecule has 2 saturated carbocycles. The summed E-state index contributed by atoms with van der Waals surface area (Å²) in [6, 6.07) is 0. The van der Waals surface area contributed by atoms with E-state index in [1.807, 2.05) is 0 Å². The number of aliphatic hydroxyl groups is 1. The predicted octanol–water partition coefficient (Wildman–Crippen LogP) is 2.13. The van der Waals surface area contributed by atoms with Gasteiger partial charge in [-0.3, -0.25) is 9.59 Å². The van der Waals surface area contributed by atoms with Gasteiger partial charge >= 0.3 is 11.9 Å². The average molecular weight is 272 g/mol. The van der Waals surface area contributed by atoms with Crippen LogP contribution in [0.25, 0.3) is 0 Å². The molecule has 2 fully saturated rings. The molecule has 5 heteroatoms. The molecule has 2 aliphatic rings. The lowest BCUT2D eigenvalue weighted by molar-refractivity contribution is -0.143. The van der Waals surface area contributed by atoms with E-state index in [2.05, 4.69) is 20.8 Å². The predicted molar refractivity (Wildman–Crippen MR) is 69.7 cm³/mol. The molecule has 110 valence electrons. The smallest absolute Gasteiger partial charge is 0.303 e. The number of fused-ring (bicyclic) bond motifs is 2. The highest BCUT2D eigenvalue weighted by molar-refractivity contribution is 5.75. The van der Waals surface area contributed by atoms with Crippen molar-refractivity contribution in [2.75, 3.05) is 0 Å². The van der Waals surface area contributed by atoms with Crippen molar-refractivity contribution in [2.45, 2.75) is 59.0 Å². The number of carbonyl (C=O) groups is 2. The Balaban J connectivity index is 0.000000203. The Kier molecular flexibility index (Phi) is 4.61. The molecule has 2 bridgehead atoms. The molecule has 19 heavy (non-hydrogen) atoms. The zero-order chi connectivity index (χ0) is 14.8. The van der Waals surface area contributed by atoms with Crippen molar-refractivity contribution in [1.29, 1.82) is 0 Å². The van der Waals surface area contributed by atoms with Crippen molar-refractivity contribution in [1.82, 2.24) is 0 Å². The van der Waals surface area contributed by atoms with E-state index in [0.717, 1.165) is 12.3 Å². The van der Waals surface area contributed by atoms with Gasteiger partial charge in [-0.25, -0.2) is 0 Å². The van der Waals surface area contributed by atoms with Crippen molar-refractivity contribution in [3.63, 3.8) is 0 Å². The molecule has 0 unspecified atom stereocenters. The molecule has 0 aromatic heterocycles. The topological polar surface area (TPSA) is 94.8 Å². The molecule has 3 atom stereocenters. The Labute approximate surface area is 113 Å². The largest absolute Gasteiger partial charge is 0.481 e. The molecule has 0 amide bonds. The van der Waals surface area contributed by atoms with Crippen molar-refractivity contribution in [3.8, 4) is 0 Å². The third-order valence-corrected chi connectivity index (χ3v) is 5.30. The van der Waals surface area contributed by atoms with Gasteiger partial charge in [0.2, 0.25) is 0 Å². The maximum Gasteiger partial charge on any atom is 0.303 e. The zero-order valence-electron chi connectivity index (χ0n) is 11.8. The maximum absolute atomic E-state index is 9.81. The number of aliphatic carboxylic acids is 2. The minimum absolute atomic E-state index is 0.0313. The summed E-state index contributed by atoms with van der Waals surface area (Å²) in [5.41, 5.74) is 0.601. The monoisotopic (exact) mass is 272 g/mol. The molecule has 0 aromatic rings. The molecule has 0 spiro atoms. The fourth-order valence-electron chi connectivity index (χ4n) is 3.38. The van der Waals surface area contributed by atoms with Gasteiger partial charge in [0.1, 0.15) is 0 Å². The van der Waals surface area contributed by atoms with Crippen molar-refractivity contribution in [3.05, 3.63) is 0 Å². The van der Waals surface area contributed by atoms with E-state index < -0.39 is 11.9 Å². The second-order valence-corrected chi connectivity index (χ2v) is 6.41. The second kappa shape index (κ2) is 5.49. The fraction of sp³-hybridized carbons (Fsp3) is 0.857. The first-order valence-corrected chi connectivity index (χ1v) is 6.73. The third-order valence-electron chi connectivity index (χ3n) is 5.30. The van der Waals surface area contributed by atoms with Crippen LogP contribution in [0.1, 0.15) is 52.9 Å². The molecule has 2 rings (SSSR count). The minimum atomic E-state index is -1.08. The molecular weight excluding hydrogens is 248 g/mol. The van der Waals surface area contributed by atoms with Crippen LogP contribution in [0.4, 0.5) is 0 Å². The lowest BCUT2D eigenvalue weighted by Gasteiger charge is -2.36. The number of hydrogen-bond acceptors (Lipinski definition) is 3. The summed E-state index contributed by atoms with van der Waals surface area (Å²) in [7, 11) is 0. The molecule has 0 aromatic carbocycles. The van der Waals surface area contributed by atoms with Gasteiger partial charge in [-0.1, -0.05) is 20.8 Å². The van der Waals surface area contributed by atoms with E-state index in [0.29, 0.717) is 5.41 Å². The Bertz CT molecular complexity index is 349. The number of carboxylic acid groups (broad SMARTS) is 2. The van der Waals surface area contributed by atoms with Crippen LogP contribution in [-0.4, -0.2) is 33.4 Å². The quantitative estimate of drug-likeness (QED) is 0.731. The van der Waals surface area contributed by atoms with Gasteiger partial charge in [-0.15, -0.1) is 0 Å². The van der Waals surface area contributed by atoms with Gasteiger partial charge in [-0.2, -0.15) is 0 Å². The van der Waals surface area contributed by atoms with Gasteiger partial charge in [0.15, 0.2) is 0 Å². The third kappa shape index (κ3) is 3.08. The van der Waals surface area contributed by atoms with Gasteiger partial charge in [0.05, 0.1) is 18.9 Å². The molecule has 2 aliphatic carbocycles. The molecule has 0 saturated heterocycles. The highest BCUT2D eigenvalue weighted by Crippen LogP contribution is 2.65. The van der Waals surface area contributed by atoms with Gasteiger partial charge in [0, 0.05) is 0 Å². The van der Waals surface area contributed by atoms with E-state index in [-0.39, 0.29) is 24.4 Å². The summed E-state index contributed by atoms with van der Waals surface area (Å²) in [6.45, 7) is 6.90. The highest BCUT2D eigenvalue weighted by atomic mass is 16.4. The Morgan fingerprint density at radius 2 is 1.58 bits per heavy atom. The van der Waals surface area contributed by atoms with E-state index in [1.165, 1.54) is 12.8 Å². The summed E-state index contributed by atoms with van der Waals surface area (Å²) in [6.07, 6.45) is 2.98. The van der Waals surface area contributed by atoms with Crippen LogP contribution in [0.5, 0.6) is 0 Å². The number of hydrogen-bond donors (Lipinski definition) is 3. The van der Waals surface area contributed by atoms with Crippen molar-refractivity contribution in [2.24, 2.45) is 16.7 Å². The highest BCUT2D eigenvalue weighted by Gasteiger charge is 2.60. The lowest BCUT2D eigenvalue weighted by Crippen LogP contribution is -2.35. The van der Waals surface area contributed by atoms with Crippen LogP contribution in [0, 0.1) is 16.7 Å². The summed E-state index contributed by atoms with van der Waals surface area (Å²) < 4.78 is 0. The Hall–Kier alpha value is -1.10. The molecule has 0 heterocycles. The van der Waals surface area contributed by atoms with Crippen molar-refractivity contribution >= 4 is 11.9 Å². The first-order valence-electron chi connectivity index (χ1n) is 6.73. The second-order valence-electron chi connectivity index (χ2n) is 6.41. The number of carboxylic acids is 2. The lowest BCUT2D eigenvalue weighted by atomic mass is 9.70. The van der Waals surface area contributed by atoms with Crippen LogP contribution in [-0.2, 0) is 9.59 Å². The van der Waals surface area contributed by atoms with E-state index in [4.69, 9.17) is 10.2 Å². The molecule has 3 N–H and O–H groups in total. The molecular formula is C14H24O5. The SMILES string of the molecule is CC1(C)[C@@H]2CC[C@]1(C)[C@@H](O)C2.O=C(O)CCC(=O)O. The van der Waals surface area contributed by atoms with Gasteiger partial charge < -0.3 is 15.3 Å². The van der Waals surface area contributed by atoms with Crippen molar-refractivity contribution < 1.29 is 24.9 Å². The summed E-state index contributed by atoms with van der Waals surface area (Å²) in [5, 5.41) is 25.6. The molecule has 0 radical (unpaired) electrons. The van der Waals surface area contributed by atoms with E-state index >= 15 is 0 Å². The van der Waals surface area contributed by atoms with Crippen LogP contribution in [0.2, 0.25) is 0 Å². The normalized spacial score (nSPS) is 34.5. The summed E-state index contributed by atoms with van der Waals surface area (Å²) in [4.78, 5) is 19.3. The van der Waals surface area contributed by atoms with Gasteiger partial charge in [-0.05, 0) is 36.0 Å². The summed E-state index contributed by atoms with van der Waals surface area (Å²) in [5.74, 6) is -1.37. The van der Waals surface area contributed by atoms with E-state index in [9.17, 15) is 14.7 Å². The Morgan fingerprint density at radius 1 is 1.11 bits per heavy atom. The van der Waals surface area contributed by atoms with Crippen LogP contribution < -0.4 is 0 Å². The minimum Gasteiger partial charge on any atom is -0.481 e. The molecule has 0 aliphatic heterocycles. The fourth-order valence-corrected chi connectivity index (χ4v) is 3.38. The summed E-state index contributed by atoms with van der Waals surface area (Å²) >= 11 is 0. The maximum atomic E-state index is 9.81. The Morgan fingerprint density at radius 3 is 1.74 bits per heavy atom. The zero-order valence-corrected chi connectivity index (χ0v) is 11.8. The molecule has 5 nitrogen and oxygen atoms in total. The average Bonchev–Trinajstić information content (AvgIpc) is 2.60. The first-order chi connectivity index (χ1) is 8.61. The van der Waals surface area contributed by atoms with Gasteiger partial charge in [0.25, 0.3) is 0 Å². The number of aliphatic hydroxyl groups excluding tert-OH is 1. The van der Waals surface area contributed by atoms with E-state index in [1.54, 1.807) is 0 Å². The first kappa shape index (κ1) is 16.0. The number of rotatable bonds is 3.